The van der Waals surface area contributed by atoms with Gasteiger partial charge < -0.3 is 0 Å². The maximum Gasteiger partial charge on any atom is 0.304 e. The minimum Gasteiger partial charge on any atom is -0.241 e. The molecule has 0 aliphatic heterocycles. The Bertz CT molecular complexity index is 528. The largest absolute Gasteiger partial charge is 0.304 e. The lowest BCUT2D eigenvalue weighted by Gasteiger charge is -2.00. The van der Waals surface area contributed by atoms with E-state index in [1.807, 2.05) is 0 Å². The van der Waals surface area contributed by atoms with Crippen LogP contribution in [0.4, 0.5) is 0 Å². The molecule has 0 amide bonds. The highest BCUT2D eigenvalue weighted by Gasteiger charge is 2.15. The summed E-state index contributed by atoms with van der Waals surface area (Å²) in [5, 5.41) is 7.23. The zero-order valence-corrected chi connectivity index (χ0v) is 8.49. The van der Waals surface area contributed by atoms with E-state index in [1.54, 1.807) is 11.6 Å². The molecule has 0 bridgehead atoms. The molecule has 0 aliphatic rings. The summed E-state index contributed by atoms with van der Waals surface area (Å²) >= 11 is 1.30. The van der Waals surface area contributed by atoms with Crippen molar-refractivity contribution in [3.05, 3.63) is 24.0 Å². The van der Waals surface area contributed by atoms with Crippen LogP contribution in [0.25, 0.3) is 10.8 Å². The van der Waals surface area contributed by atoms with Crippen LogP contribution in [0.2, 0.25) is 0 Å². The number of aromatic nitrogens is 3. The molecule has 0 unspecified atom stereocenters. The third-order valence-electron chi connectivity index (χ3n) is 1.51. The van der Waals surface area contributed by atoms with E-state index in [0.29, 0.717) is 5.01 Å². The summed E-state index contributed by atoms with van der Waals surface area (Å²) < 4.78 is 23.1. The smallest absolute Gasteiger partial charge is 0.241 e. The highest BCUT2D eigenvalue weighted by molar-refractivity contribution is 7.87. The fraction of sp³-hybridized carbons (Fsp3) is 0. The number of imidazole rings is 1. The van der Waals surface area contributed by atoms with Gasteiger partial charge in [-0.1, -0.05) is 0 Å². The lowest BCUT2D eigenvalue weighted by atomic mass is 10.6. The van der Waals surface area contributed by atoms with Crippen molar-refractivity contribution < 1.29 is 8.42 Å². The molecule has 2 aromatic rings. The molecule has 8 heteroatoms. The van der Waals surface area contributed by atoms with E-state index in [-0.39, 0.29) is 5.82 Å². The summed E-state index contributed by atoms with van der Waals surface area (Å²) in [5.74, 6) is 0.238. The van der Waals surface area contributed by atoms with Gasteiger partial charge in [0.05, 0.1) is 0 Å². The highest BCUT2D eigenvalue weighted by Crippen LogP contribution is 2.19. The monoisotopic (exact) mass is 230 g/mol. The molecule has 2 rings (SSSR count). The van der Waals surface area contributed by atoms with Gasteiger partial charge in [0.2, 0.25) is 0 Å². The van der Waals surface area contributed by atoms with Crippen molar-refractivity contribution in [2.24, 2.45) is 5.14 Å². The molecule has 0 atom stereocenters. The van der Waals surface area contributed by atoms with Crippen LogP contribution >= 0.6 is 11.3 Å². The summed E-state index contributed by atoms with van der Waals surface area (Å²) in [4.78, 5) is 7.82. The van der Waals surface area contributed by atoms with Gasteiger partial charge in [0, 0.05) is 24.0 Å². The normalized spacial score (nSPS) is 11.8. The number of nitrogens with zero attached hydrogens (tertiary/aromatic N) is 3. The predicted octanol–water partition coefficient (Wildman–Crippen LogP) is 0.0582. The maximum atomic E-state index is 11.1. The summed E-state index contributed by atoms with van der Waals surface area (Å²) in [6.07, 6.45) is 4.22. The van der Waals surface area contributed by atoms with Crippen LogP contribution < -0.4 is 5.14 Å². The van der Waals surface area contributed by atoms with Gasteiger partial charge in [-0.15, -0.1) is 11.3 Å². The van der Waals surface area contributed by atoms with Crippen LogP contribution in [-0.2, 0) is 10.2 Å². The molecule has 6 nitrogen and oxygen atoms in total. The Labute approximate surface area is 84.2 Å². The second-order valence-electron chi connectivity index (χ2n) is 2.43. The van der Waals surface area contributed by atoms with Crippen LogP contribution in [0.3, 0.4) is 0 Å². The van der Waals surface area contributed by atoms with Gasteiger partial charge in [-0.2, -0.15) is 8.42 Å². The Balaban J connectivity index is 2.62. The van der Waals surface area contributed by atoms with Gasteiger partial charge in [0.15, 0.2) is 10.8 Å². The zero-order valence-electron chi connectivity index (χ0n) is 6.86. The van der Waals surface area contributed by atoms with E-state index < -0.39 is 10.2 Å². The van der Waals surface area contributed by atoms with Crippen molar-refractivity contribution in [2.45, 2.75) is 0 Å². The number of thiazole rings is 1. The maximum absolute atomic E-state index is 11.1. The van der Waals surface area contributed by atoms with Gasteiger partial charge in [0.25, 0.3) is 0 Å². The minimum atomic E-state index is -3.80. The zero-order chi connectivity index (χ0) is 10.2. The van der Waals surface area contributed by atoms with Crippen molar-refractivity contribution >= 4 is 21.5 Å². The Kier molecular flexibility index (Phi) is 2.10. The molecular formula is C6H6N4O2S2. The molecule has 2 heterocycles. The van der Waals surface area contributed by atoms with E-state index in [1.165, 1.54) is 23.7 Å². The Morgan fingerprint density at radius 2 is 2.14 bits per heavy atom. The average molecular weight is 230 g/mol. The molecule has 2 N–H and O–H groups in total. The van der Waals surface area contributed by atoms with E-state index >= 15 is 0 Å². The quantitative estimate of drug-likeness (QED) is 0.789. The van der Waals surface area contributed by atoms with Gasteiger partial charge in [-0.3, -0.25) is 0 Å². The van der Waals surface area contributed by atoms with Crippen LogP contribution in [-0.4, -0.2) is 22.4 Å². The molecule has 0 aliphatic carbocycles. The third kappa shape index (κ3) is 1.54. The summed E-state index contributed by atoms with van der Waals surface area (Å²) in [5.41, 5.74) is 0. The second kappa shape index (κ2) is 3.15. The number of rotatable bonds is 2. The van der Waals surface area contributed by atoms with Crippen LogP contribution in [0.15, 0.2) is 24.0 Å². The highest BCUT2D eigenvalue weighted by atomic mass is 32.2. The molecule has 2 aromatic heterocycles. The molecule has 0 spiro atoms. The molecular weight excluding hydrogens is 224 g/mol. The first-order valence-electron chi connectivity index (χ1n) is 3.55. The van der Waals surface area contributed by atoms with Crippen molar-refractivity contribution in [1.29, 1.82) is 0 Å². The van der Waals surface area contributed by atoms with Crippen molar-refractivity contribution in [3.63, 3.8) is 0 Å². The Morgan fingerprint density at radius 3 is 2.71 bits per heavy atom. The number of nitrogens with two attached hydrogens (primary N) is 1. The van der Waals surface area contributed by atoms with Crippen molar-refractivity contribution in [3.8, 4) is 10.8 Å². The molecule has 0 radical (unpaired) electrons. The standard InChI is InChI=1S/C6H6N4O2S2/c7-14(11,12)10-3-1-8-5(10)6-9-2-4-13-6/h1-4H,(H2,7,11,12). The van der Waals surface area contributed by atoms with Crippen LogP contribution in [0.1, 0.15) is 0 Å². The van der Waals surface area contributed by atoms with E-state index in [0.717, 1.165) is 3.97 Å². The van der Waals surface area contributed by atoms with E-state index in [9.17, 15) is 8.42 Å². The molecule has 0 saturated carbocycles. The molecule has 14 heavy (non-hydrogen) atoms. The predicted molar refractivity (Wildman–Crippen MR) is 51.8 cm³/mol. The summed E-state index contributed by atoms with van der Waals surface area (Å²) in [7, 11) is -3.80. The van der Waals surface area contributed by atoms with E-state index in [4.69, 9.17) is 5.14 Å². The molecule has 0 fully saturated rings. The lowest BCUT2D eigenvalue weighted by molar-refractivity contribution is 0.589. The topological polar surface area (TPSA) is 90.9 Å². The fourth-order valence-electron chi connectivity index (χ4n) is 0.981. The number of hydrogen-bond donors (Lipinski definition) is 1. The van der Waals surface area contributed by atoms with Gasteiger partial charge in [0.1, 0.15) is 0 Å². The first kappa shape index (κ1) is 9.31. The first-order chi connectivity index (χ1) is 6.59. The Hall–Kier alpha value is -1.25. The second-order valence-corrected chi connectivity index (χ2v) is 4.75. The van der Waals surface area contributed by atoms with Crippen LogP contribution in [0.5, 0.6) is 0 Å². The van der Waals surface area contributed by atoms with Crippen LogP contribution in [0, 0.1) is 0 Å². The SMILES string of the molecule is NS(=O)(=O)n1ccnc1-c1nccs1. The Morgan fingerprint density at radius 1 is 1.36 bits per heavy atom. The van der Waals surface area contributed by atoms with Crippen molar-refractivity contribution in [2.75, 3.05) is 0 Å². The lowest BCUT2D eigenvalue weighted by Crippen LogP contribution is -2.21. The van der Waals surface area contributed by atoms with Gasteiger partial charge in [-0.25, -0.2) is 19.1 Å². The van der Waals surface area contributed by atoms with Crippen molar-refractivity contribution in [1.82, 2.24) is 13.9 Å². The fourth-order valence-corrected chi connectivity index (χ4v) is 2.27. The van der Waals surface area contributed by atoms with Gasteiger partial charge >= 0.3 is 10.2 Å². The van der Waals surface area contributed by atoms with E-state index in [2.05, 4.69) is 9.97 Å². The summed E-state index contributed by atoms with van der Waals surface area (Å²) in [6.45, 7) is 0. The summed E-state index contributed by atoms with van der Waals surface area (Å²) in [6, 6.07) is 0. The third-order valence-corrected chi connectivity index (χ3v) is 3.12. The molecule has 74 valence electrons. The molecule has 0 saturated heterocycles. The molecule has 0 aromatic carbocycles. The first-order valence-corrected chi connectivity index (χ1v) is 5.94. The number of hydrogen-bond acceptors (Lipinski definition) is 5. The average Bonchev–Trinajstić information content (AvgIpc) is 2.73. The minimum absolute atomic E-state index is 0.238. The van der Waals surface area contributed by atoms with Gasteiger partial charge in [-0.05, 0) is 0 Å².